The molecule has 1 aromatic rings. The molecule has 0 N–H and O–H groups in total. The Kier molecular flexibility index (Phi) is 2.97. The average molecular weight is 221 g/mol. The maximum absolute atomic E-state index is 5.71. The minimum Gasteiger partial charge on any atom is -0.474 e. The molecule has 1 unspecified atom stereocenters. The van der Waals surface area contributed by atoms with E-state index in [9.17, 15) is 0 Å². The first-order chi connectivity index (χ1) is 6.36. The van der Waals surface area contributed by atoms with Gasteiger partial charge in [-0.15, -0.1) is 4.37 Å². The summed E-state index contributed by atoms with van der Waals surface area (Å²) in [5.74, 6) is 0.913. The highest BCUT2D eigenvalue weighted by molar-refractivity contribution is 6.99. The minimum absolute atomic E-state index is 0.351. The number of aromatic nitrogens is 2. The first-order valence-corrected chi connectivity index (χ1v) is 5.15. The number of nitrogens with zero attached hydrogens (tertiary/aromatic N) is 2. The molecule has 0 bridgehead atoms. The zero-order valence-corrected chi connectivity index (χ0v) is 8.48. The van der Waals surface area contributed by atoms with Gasteiger partial charge in [0.25, 0.3) is 5.88 Å². The first kappa shape index (κ1) is 9.18. The van der Waals surface area contributed by atoms with Crippen LogP contribution in [0.2, 0.25) is 5.15 Å². The van der Waals surface area contributed by atoms with Gasteiger partial charge in [0, 0.05) is 12.5 Å². The van der Waals surface area contributed by atoms with E-state index in [-0.39, 0.29) is 0 Å². The second kappa shape index (κ2) is 4.21. The number of rotatable bonds is 3. The number of halogens is 1. The monoisotopic (exact) mass is 220 g/mol. The van der Waals surface area contributed by atoms with Crippen LogP contribution in [0.15, 0.2) is 0 Å². The molecule has 4 nitrogen and oxygen atoms in total. The summed E-state index contributed by atoms with van der Waals surface area (Å²) in [6, 6.07) is 0. The van der Waals surface area contributed by atoms with E-state index in [2.05, 4.69) is 8.75 Å². The molecular formula is C7H9ClN2O2S. The summed E-state index contributed by atoms with van der Waals surface area (Å²) in [5.41, 5.74) is 0. The minimum atomic E-state index is 0.351. The Morgan fingerprint density at radius 1 is 1.62 bits per heavy atom. The summed E-state index contributed by atoms with van der Waals surface area (Å²) in [6.45, 7) is 2.22. The first-order valence-electron chi connectivity index (χ1n) is 4.05. The number of hydrogen-bond donors (Lipinski definition) is 0. The summed E-state index contributed by atoms with van der Waals surface area (Å²) >= 11 is 6.77. The molecule has 2 rings (SSSR count). The van der Waals surface area contributed by atoms with Gasteiger partial charge in [-0.2, -0.15) is 4.37 Å². The van der Waals surface area contributed by atoms with Gasteiger partial charge in [-0.3, -0.25) is 0 Å². The van der Waals surface area contributed by atoms with E-state index >= 15 is 0 Å². The molecule has 2 heterocycles. The van der Waals surface area contributed by atoms with E-state index in [0.717, 1.165) is 31.4 Å². The van der Waals surface area contributed by atoms with Crippen LogP contribution in [0.25, 0.3) is 0 Å². The van der Waals surface area contributed by atoms with Gasteiger partial charge >= 0.3 is 0 Å². The smallest absolute Gasteiger partial charge is 0.265 e. The van der Waals surface area contributed by atoms with E-state index in [0.29, 0.717) is 23.6 Å². The van der Waals surface area contributed by atoms with Gasteiger partial charge in [0.15, 0.2) is 0 Å². The second-order valence-corrected chi connectivity index (χ2v) is 3.79. The molecule has 1 aliphatic rings. The number of ether oxygens (including phenoxy) is 2. The molecule has 72 valence electrons. The van der Waals surface area contributed by atoms with E-state index in [4.69, 9.17) is 21.1 Å². The number of hydrogen-bond acceptors (Lipinski definition) is 5. The molecule has 0 aromatic carbocycles. The van der Waals surface area contributed by atoms with Crippen LogP contribution in [-0.2, 0) is 4.74 Å². The van der Waals surface area contributed by atoms with Gasteiger partial charge in [0.05, 0.1) is 24.9 Å². The lowest BCUT2D eigenvalue weighted by atomic mass is 10.1. The zero-order chi connectivity index (χ0) is 9.10. The molecule has 0 saturated carbocycles. The van der Waals surface area contributed by atoms with Crippen LogP contribution in [0.5, 0.6) is 5.88 Å². The van der Waals surface area contributed by atoms with Crippen molar-refractivity contribution in [2.24, 2.45) is 5.92 Å². The van der Waals surface area contributed by atoms with Crippen LogP contribution in [0.1, 0.15) is 6.42 Å². The highest BCUT2D eigenvalue weighted by atomic mass is 35.5. The molecule has 0 radical (unpaired) electrons. The SMILES string of the molecule is Clc1nsnc1OCC1CCOC1. The Labute approximate surface area is 85.1 Å². The fraction of sp³-hybridized carbons (Fsp3) is 0.714. The average Bonchev–Trinajstić information content (AvgIpc) is 2.72. The quantitative estimate of drug-likeness (QED) is 0.777. The predicted molar refractivity (Wildman–Crippen MR) is 49.3 cm³/mol. The molecule has 1 aromatic heterocycles. The van der Waals surface area contributed by atoms with Crippen LogP contribution < -0.4 is 4.74 Å². The fourth-order valence-electron chi connectivity index (χ4n) is 1.17. The summed E-state index contributed by atoms with van der Waals surface area (Å²) in [4.78, 5) is 0. The van der Waals surface area contributed by atoms with Crippen LogP contribution in [0.3, 0.4) is 0 Å². The molecule has 1 aliphatic heterocycles. The van der Waals surface area contributed by atoms with Gasteiger partial charge in [0.2, 0.25) is 5.15 Å². The Hall–Kier alpha value is -0.390. The van der Waals surface area contributed by atoms with Gasteiger partial charge in [0.1, 0.15) is 0 Å². The molecule has 0 amide bonds. The van der Waals surface area contributed by atoms with Crippen molar-refractivity contribution < 1.29 is 9.47 Å². The Morgan fingerprint density at radius 2 is 2.54 bits per heavy atom. The van der Waals surface area contributed by atoms with E-state index in [1.807, 2.05) is 0 Å². The highest BCUT2D eigenvalue weighted by Crippen LogP contribution is 2.22. The zero-order valence-electron chi connectivity index (χ0n) is 6.90. The maximum Gasteiger partial charge on any atom is 0.265 e. The molecule has 13 heavy (non-hydrogen) atoms. The third-order valence-corrected chi connectivity index (χ3v) is 2.76. The van der Waals surface area contributed by atoms with Crippen molar-refractivity contribution in [1.29, 1.82) is 0 Å². The third-order valence-electron chi connectivity index (χ3n) is 1.90. The van der Waals surface area contributed by atoms with Crippen LogP contribution >= 0.6 is 23.3 Å². The molecule has 1 saturated heterocycles. The van der Waals surface area contributed by atoms with Crippen LogP contribution in [0, 0.1) is 5.92 Å². The lowest BCUT2D eigenvalue weighted by molar-refractivity contribution is 0.166. The van der Waals surface area contributed by atoms with E-state index < -0.39 is 0 Å². The summed E-state index contributed by atoms with van der Waals surface area (Å²) in [6.07, 6.45) is 1.05. The molecular weight excluding hydrogens is 212 g/mol. The van der Waals surface area contributed by atoms with Crippen molar-refractivity contribution in [3.63, 3.8) is 0 Å². The third kappa shape index (κ3) is 2.30. The molecule has 0 spiro atoms. The van der Waals surface area contributed by atoms with Crippen molar-refractivity contribution in [1.82, 2.24) is 8.75 Å². The maximum atomic E-state index is 5.71. The Balaban J connectivity index is 1.82. The molecule has 1 atom stereocenters. The topological polar surface area (TPSA) is 44.2 Å². The normalized spacial score (nSPS) is 22.1. The van der Waals surface area contributed by atoms with Gasteiger partial charge in [-0.25, -0.2) is 0 Å². The van der Waals surface area contributed by atoms with Gasteiger partial charge in [-0.1, -0.05) is 11.6 Å². The van der Waals surface area contributed by atoms with Crippen LogP contribution in [-0.4, -0.2) is 28.6 Å². The summed E-state index contributed by atoms with van der Waals surface area (Å²) in [7, 11) is 0. The van der Waals surface area contributed by atoms with E-state index in [1.165, 1.54) is 0 Å². The lowest BCUT2D eigenvalue weighted by Crippen LogP contribution is -2.11. The highest BCUT2D eigenvalue weighted by Gasteiger charge is 2.17. The Morgan fingerprint density at radius 3 is 3.15 bits per heavy atom. The predicted octanol–water partition coefficient (Wildman–Crippen LogP) is 1.61. The standard InChI is InChI=1S/C7H9ClN2O2S/c8-6-7(10-13-9-6)12-4-5-1-2-11-3-5/h5H,1-4H2. The summed E-state index contributed by atoms with van der Waals surface area (Å²) in [5, 5.41) is 0.351. The van der Waals surface area contributed by atoms with Crippen molar-refractivity contribution in [2.75, 3.05) is 19.8 Å². The van der Waals surface area contributed by atoms with Crippen molar-refractivity contribution in [2.45, 2.75) is 6.42 Å². The van der Waals surface area contributed by atoms with Crippen molar-refractivity contribution in [3.05, 3.63) is 5.15 Å². The lowest BCUT2D eigenvalue weighted by Gasteiger charge is -2.06. The van der Waals surface area contributed by atoms with Gasteiger partial charge in [-0.05, 0) is 6.42 Å². The van der Waals surface area contributed by atoms with Crippen LogP contribution in [0.4, 0.5) is 0 Å². The van der Waals surface area contributed by atoms with Crippen molar-refractivity contribution >= 4 is 23.3 Å². The largest absolute Gasteiger partial charge is 0.474 e. The van der Waals surface area contributed by atoms with E-state index in [1.54, 1.807) is 0 Å². The van der Waals surface area contributed by atoms with Gasteiger partial charge < -0.3 is 9.47 Å². The second-order valence-electron chi connectivity index (χ2n) is 2.90. The Bertz CT molecular complexity index is 275. The summed E-state index contributed by atoms with van der Waals surface area (Å²) < 4.78 is 18.3. The molecule has 1 fully saturated rings. The molecule has 6 heteroatoms. The van der Waals surface area contributed by atoms with Crippen molar-refractivity contribution in [3.8, 4) is 5.88 Å². The fourth-order valence-corrected chi connectivity index (χ4v) is 1.81. The molecule has 0 aliphatic carbocycles.